The van der Waals surface area contributed by atoms with Gasteiger partial charge in [-0.05, 0) is 36.4 Å². The fourth-order valence-corrected chi connectivity index (χ4v) is 4.07. The lowest BCUT2D eigenvalue weighted by Crippen LogP contribution is -2.39. The van der Waals surface area contributed by atoms with E-state index >= 15 is 0 Å². The molecular formula is C19H21N3O2S. The summed E-state index contributed by atoms with van der Waals surface area (Å²) in [6, 6.07) is 8.02. The fourth-order valence-electron chi connectivity index (χ4n) is 3.38. The Kier molecular flexibility index (Phi) is 4.70. The number of nitrogens with one attached hydrogen (secondary N) is 1. The van der Waals surface area contributed by atoms with Crippen molar-refractivity contribution in [2.75, 3.05) is 13.1 Å². The third kappa shape index (κ3) is 3.69. The van der Waals surface area contributed by atoms with Crippen LogP contribution in [0.3, 0.4) is 0 Å². The van der Waals surface area contributed by atoms with E-state index in [1.54, 1.807) is 17.5 Å². The SMILES string of the molecule is O=C(CCc1ccc(-c2cccs2)o1)N1CCC[C@@H](c2ncc[nH]2)C1. The number of imidazole rings is 1. The molecule has 25 heavy (non-hydrogen) atoms. The molecule has 4 heterocycles. The zero-order valence-corrected chi connectivity index (χ0v) is 14.8. The number of thiophene rings is 1. The minimum Gasteiger partial charge on any atom is -0.460 e. The summed E-state index contributed by atoms with van der Waals surface area (Å²) in [7, 11) is 0. The van der Waals surface area contributed by atoms with Crippen LogP contribution >= 0.6 is 11.3 Å². The van der Waals surface area contributed by atoms with E-state index in [1.165, 1.54) is 0 Å². The summed E-state index contributed by atoms with van der Waals surface area (Å²) < 4.78 is 5.87. The predicted molar refractivity (Wildman–Crippen MR) is 97.5 cm³/mol. The molecule has 5 nitrogen and oxygen atoms in total. The minimum absolute atomic E-state index is 0.199. The number of piperidine rings is 1. The maximum absolute atomic E-state index is 12.6. The van der Waals surface area contributed by atoms with Crippen molar-refractivity contribution in [3.05, 3.63) is 53.6 Å². The van der Waals surface area contributed by atoms with E-state index in [1.807, 2.05) is 40.7 Å². The van der Waals surface area contributed by atoms with Gasteiger partial charge in [0.2, 0.25) is 5.91 Å². The number of hydrogen-bond donors (Lipinski definition) is 1. The number of carbonyl (C=O) groups is 1. The number of nitrogens with zero attached hydrogens (tertiary/aromatic N) is 2. The van der Waals surface area contributed by atoms with Crippen LogP contribution in [0.1, 0.15) is 36.8 Å². The molecule has 0 spiro atoms. The molecular weight excluding hydrogens is 334 g/mol. The second-order valence-electron chi connectivity index (χ2n) is 6.40. The van der Waals surface area contributed by atoms with Crippen LogP contribution in [-0.2, 0) is 11.2 Å². The molecule has 0 aliphatic carbocycles. The smallest absolute Gasteiger partial charge is 0.223 e. The molecule has 3 aromatic heterocycles. The lowest BCUT2D eigenvalue weighted by molar-refractivity contribution is -0.132. The Hall–Kier alpha value is -2.34. The number of likely N-dealkylation sites (tertiary alicyclic amines) is 1. The van der Waals surface area contributed by atoms with Gasteiger partial charge in [0.25, 0.3) is 0 Å². The Morgan fingerprint density at radius 1 is 1.40 bits per heavy atom. The van der Waals surface area contributed by atoms with Crippen LogP contribution in [0.15, 0.2) is 46.5 Å². The lowest BCUT2D eigenvalue weighted by atomic mass is 9.97. The Morgan fingerprint density at radius 2 is 2.36 bits per heavy atom. The normalized spacial score (nSPS) is 17.8. The van der Waals surface area contributed by atoms with E-state index in [-0.39, 0.29) is 5.91 Å². The van der Waals surface area contributed by atoms with Crippen LogP contribution in [0, 0.1) is 0 Å². The van der Waals surface area contributed by atoms with Gasteiger partial charge in [0.15, 0.2) is 0 Å². The van der Waals surface area contributed by atoms with Crippen LogP contribution in [0.5, 0.6) is 0 Å². The highest BCUT2D eigenvalue weighted by atomic mass is 32.1. The first-order chi connectivity index (χ1) is 12.3. The van der Waals surface area contributed by atoms with Gasteiger partial charge in [-0.3, -0.25) is 4.79 Å². The molecule has 1 aliphatic heterocycles. The number of furan rings is 1. The van der Waals surface area contributed by atoms with Crippen molar-refractivity contribution in [1.29, 1.82) is 0 Å². The van der Waals surface area contributed by atoms with E-state index in [0.717, 1.165) is 48.2 Å². The van der Waals surface area contributed by atoms with E-state index < -0.39 is 0 Å². The molecule has 4 rings (SSSR count). The minimum atomic E-state index is 0.199. The van der Waals surface area contributed by atoms with E-state index in [9.17, 15) is 4.79 Å². The van der Waals surface area contributed by atoms with Crippen molar-refractivity contribution < 1.29 is 9.21 Å². The van der Waals surface area contributed by atoms with Gasteiger partial charge in [-0.2, -0.15) is 0 Å². The molecule has 1 aliphatic rings. The highest BCUT2D eigenvalue weighted by molar-refractivity contribution is 7.13. The number of aromatic amines is 1. The average Bonchev–Trinajstić information content (AvgIpc) is 3.42. The van der Waals surface area contributed by atoms with E-state index in [4.69, 9.17) is 4.42 Å². The summed E-state index contributed by atoms with van der Waals surface area (Å²) in [5, 5.41) is 2.03. The number of H-pyrrole nitrogens is 1. The molecule has 0 bridgehead atoms. The van der Waals surface area contributed by atoms with E-state index in [0.29, 0.717) is 18.8 Å². The topological polar surface area (TPSA) is 62.1 Å². The molecule has 1 atom stereocenters. The van der Waals surface area contributed by atoms with Crippen molar-refractivity contribution in [3.8, 4) is 10.6 Å². The number of aryl methyl sites for hydroxylation is 1. The highest BCUT2D eigenvalue weighted by Gasteiger charge is 2.26. The first-order valence-electron chi connectivity index (χ1n) is 8.69. The zero-order chi connectivity index (χ0) is 17.1. The quantitative estimate of drug-likeness (QED) is 0.750. The number of carbonyl (C=O) groups excluding carboxylic acids is 1. The average molecular weight is 355 g/mol. The molecule has 1 saturated heterocycles. The van der Waals surface area contributed by atoms with Gasteiger partial charge < -0.3 is 14.3 Å². The molecule has 130 valence electrons. The number of amides is 1. The Bertz CT molecular complexity index is 808. The maximum atomic E-state index is 12.6. The monoisotopic (exact) mass is 355 g/mol. The number of hydrogen-bond acceptors (Lipinski definition) is 4. The van der Waals surface area contributed by atoms with Crippen molar-refractivity contribution in [1.82, 2.24) is 14.9 Å². The van der Waals surface area contributed by atoms with Gasteiger partial charge in [0.1, 0.15) is 17.3 Å². The summed E-state index contributed by atoms with van der Waals surface area (Å²) in [5.41, 5.74) is 0. The fraction of sp³-hybridized carbons (Fsp3) is 0.368. The van der Waals surface area contributed by atoms with Gasteiger partial charge in [0, 0.05) is 44.2 Å². The Balaban J connectivity index is 1.33. The van der Waals surface area contributed by atoms with Gasteiger partial charge in [0.05, 0.1) is 4.88 Å². The highest BCUT2D eigenvalue weighted by Crippen LogP contribution is 2.28. The number of aromatic nitrogens is 2. The van der Waals surface area contributed by atoms with Crippen LogP contribution in [0.4, 0.5) is 0 Å². The largest absolute Gasteiger partial charge is 0.460 e. The van der Waals surface area contributed by atoms with Crippen LogP contribution in [-0.4, -0.2) is 33.9 Å². The van der Waals surface area contributed by atoms with Crippen LogP contribution in [0.25, 0.3) is 10.6 Å². The maximum Gasteiger partial charge on any atom is 0.223 e. The van der Waals surface area contributed by atoms with Gasteiger partial charge in [-0.15, -0.1) is 11.3 Å². The van der Waals surface area contributed by atoms with Crippen molar-refractivity contribution >= 4 is 17.2 Å². The molecule has 0 radical (unpaired) electrons. The summed E-state index contributed by atoms with van der Waals surface area (Å²) in [6.07, 6.45) is 6.87. The van der Waals surface area contributed by atoms with Gasteiger partial charge in [-0.25, -0.2) is 4.98 Å². The Morgan fingerprint density at radius 3 is 3.16 bits per heavy atom. The number of rotatable bonds is 5. The van der Waals surface area contributed by atoms with Crippen molar-refractivity contribution in [3.63, 3.8) is 0 Å². The molecule has 1 fully saturated rings. The lowest BCUT2D eigenvalue weighted by Gasteiger charge is -2.31. The predicted octanol–water partition coefficient (Wildman–Crippen LogP) is 4.07. The summed E-state index contributed by atoms with van der Waals surface area (Å²) in [4.78, 5) is 23.2. The first-order valence-corrected chi connectivity index (χ1v) is 9.57. The van der Waals surface area contributed by atoms with Crippen LogP contribution < -0.4 is 0 Å². The van der Waals surface area contributed by atoms with E-state index in [2.05, 4.69) is 9.97 Å². The van der Waals surface area contributed by atoms with Gasteiger partial charge >= 0.3 is 0 Å². The van der Waals surface area contributed by atoms with Gasteiger partial charge in [-0.1, -0.05) is 6.07 Å². The third-order valence-corrected chi connectivity index (χ3v) is 5.58. The molecule has 3 aromatic rings. The molecule has 1 N–H and O–H groups in total. The molecule has 0 saturated carbocycles. The summed E-state index contributed by atoms with van der Waals surface area (Å²) >= 11 is 1.66. The zero-order valence-electron chi connectivity index (χ0n) is 14.0. The second-order valence-corrected chi connectivity index (χ2v) is 7.34. The van der Waals surface area contributed by atoms with Crippen molar-refractivity contribution in [2.24, 2.45) is 0 Å². The third-order valence-electron chi connectivity index (χ3n) is 4.69. The molecule has 1 amide bonds. The first kappa shape index (κ1) is 16.1. The molecule has 0 aromatic carbocycles. The standard InChI is InChI=1S/C19H21N3O2S/c23-18(22-11-1-3-14(13-22)19-20-9-10-21-19)8-6-15-5-7-16(24-15)17-4-2-12-25-17/h2,4-5,7,9-10,12,14H,1,3,6,8,11,13H2,(H,20,21)/t14-/m1/s1. The second kappa shape index (κ2) is 7.27. The van der Waals surface area contributed by atoms with Crippen molar-refractivity contribution in [2.45, 2.75) is 31.6 Å². The Labute approximate surface area is 150 Å². The molecule has 6 heteroatoms. The van der Waals surface area contributed by atoms with Crippen LogP contribution in [0.2, 0.25) is 0 Å². The summed E-state index contributed by atoms with van der Waals surface area (Å²) in [6.45, 7) is 1.60. The molecule has 0 unspecified atom stereocenters. The summed E-state index contributed by atoms with van der Waals surface area (Å²) in [5.74, 6) is 3.26.